The topological polar surface area (TPSA) is 42.3 Å². The maximum atomic E-state index is 11.9. The first-order valence-corrected chi connectivity index (χ1v) is 6.57. The van der Waals surface area contributed by atoms with E-state index >= 15 is 0 Å². The van der Waals surface area contributed by atoms with Crippen LogP contribution in [0.25, 0.3) is 0 Å². The van der Waals surface area contributed by atoms with Crippen LogP contribution in [0.1, 0.15) is 25.7 Å². The molecule has 1 aliphatic heterocycles. The Morgan fingerprint density at radius 3 is 2.50 bits per heavy atom. The van der Waals surface area contributed by atoms with Gasteiger partial charge in [0, 0.05) is 24.7 Å². The zero-order valence-corrected chi connectivity index (χ0v) is 10.0. The van der Waals surface area contributed by atoms with Crippen LogP contribution in [0.2, 0.25) is 0 Å². The van der Waals surface area contributed by atoms with Crippen LogP contribution in [0.15, 0.2) is 16.4 Å². The van der Waals surface area contributed by atoms with Gasteiger partial charge in [-0.25, -0.2) is 0 Å². The highest BCUT2D eigenvalue weighted by atomic mass is 32.1. The number of aromatic nitrogens is 1. The molecule has 0 atom stereocenters. The van der Waals surface area contributed by atoms with Gasteiger partial charge < -0.3 is 4.90 Å². The fraction of sp³-hybridized carbons (Fsp3) is 0.636. The smallest absolute Gasteiger partial charge is 0.307 e. The molecule has 1 fully saturated rings. The van der Waals surface area contributed by atoms with Crippen molar-refractivity contribution in [1.29, 1.82) is 0 Å². The van der Waals surface area contributed by atoms with Crippen molar-refractivity contribution < 1.29 is 4.79 Å². The Morgan fingerprint density at radius 1 is 1.25 bits per heavy atom. The lowest BCUT2D eigenvalue weighted by atomic mass is 10.2. The van der Waals surface area contributed by atoms with Crippen molar-refractivity contribution in [2.45, 2.75) is 32.2 Å². The molecule has 88 valence electrons. The van der Waals surface area contributed by atoms with Crippen molar-refractivity contribution in [2.24, 2.45) is 0 Å². The fourth-order valence-electron chi connectivity index (χ4n) is 1.97. The molecule has 5 heteroatoms. The lowest BCUT2D eigenvalue weighted by Crippen LogP contribution is -2.36. The summed E-state index contributed by atoms with van der Waals surface area (Å²) < 4.78 is 1.48. The van der Waals surface area contributed by atoms with E-state index in [1.165, 1.54) is 17.4 Å². The molecule has 0 spiro atoms. The van der Waals surface area contributed by atoms with Crippen LogP contribution in [0.4, 0.5) is 0 Å². The molecule has 2 heterocycles. The third kappa shape index (κ3) is 2.72. The number of carbonyl (C=O) groups excluding carboxylic acids is 1. The lowest BCUT2D eigenvalue weighted by molar-refractivity contribution is -0.131. The summed E-state index contributed by atoms with van der Waals surface area (Å²) in [5, 5.41) is 1.72. The zero-order valence-electron chi connectivity index (χ0n) is 9.22. The van der Waals surface area contributed by atoms with Crippen molar-refractivity contribution in [1.82, 2.24) is 9.47 Å². The molecule has 1 amide bonds. The van der Waals surface area contributed by atoms with E-state index in [1.807, 2.05) is 4.90 Å². The van der Waals surface area contributed by atoms with Gasteiger partial charge in [-0.15, -0.1) is 0 Å². The molecule has 0 radical (unpaired) electrons. The molecule has 0 aromatic carbocycles. The van der Waals surface area contributed by atoms with Gasteiger partial charge in [0.05, 0.1) is 0 Å². The normalized spacial score (nSPS) is 17.1. The molecule has 2 rings (SSSR count). The maximum absolute atomic E-state index is 11.9. The van der Waals surface area contributed by atoms with E-state index in [0.29, 0.717) is 0 Å². The molecule has 1 saturated heterocycles. The van der Waals surface area contributed by atoms with Crippen molar-refractivity contribution in [2.75, 3.05) is 13.1 Å². The number of amides is 1. The van der Waals surface area contributed by atoms with Crippen LogP contribution >= 0.6 is 11.3 Å². The second-order valence-corrected chi connectivity index (χ2v) is 4.95. The average molecular weight is 240 g/mol. The van der Waals surface area contributed by atoms with Crippen LogP contribution in [-0.4, -0.2) is 28.5 Å². The third-order valence-electron chi connectivity index (χ3n) is 2.91. The van der Waals surface area contributed by atoms with Gasteiger partial charge in [0.15, 0.2) is 0 Å². The Kier molecular flexibility index (Phi) is 3.77. The van der Waals surface area contributed by atoms with Crippen molar-refractivity contribution in [3.63, 3.8) is 0 Å². The summed E-state index contributed by atoms with van der Waals surface area (Å²) in [4.78, 5) is 25.1. The summed E-state index contributed by atoms with van der Waals surface area (Å²) in [5.41, 5.74) is 0. The summed E-state index contributed by atoms with van der Waals surface area (Å²) in [6.45, 7) is 1.89. The van der Waals surface area contributed by atoms with E-state index in [2.05, 4.69) is 0 Å². The van der Waals surface area contributed by atoms with Gasteiger partial charge in [-0.3, -0.25) is 14.2 Å². The first-order chi connectivity index (χ1) is 7.77. The molecule has 0 bridgehead atoms. The first-order valence-electron chi connectivity index (χ1n) is 5.69. The summed E-state index contributed by atoms with van der Waals surface area (Å²) in [6, 6.07) is 0. The van der Waals surface area contributed by atoms with Crippen molar-refractivity contribution in [3.05, 3.63) is 21.2 Å². The van der Waals surface area contributed by atoms with Gasteiger partial charge in [0.1, 0.15) is 6.54 Å². The number of carbonyl (C=O) groups is 1. The van der Waals surface area contributed by atoms with Crippen LogP contribution < -0.4 is 4.87 Å². The highest BCUT2D eigenvalue weighted by molar-refractivity contribution is 7.07. The summed E-state index contributed by atoms with van der Waals surface area (Å²) in [7, 11) is 0. The molecule has 0 unspecified atom stereocenters. The average Bonchev–Trinajstić information content (AvgIpc) is 2.57. The molecule has 1 aromatic heterocycles. The highest BCUT2D eigenvalue weighted by Gasteiger charge is 2.16. The van der Waals surface area contributed by atoms with E-state index in [1.54, 1.807) is 11.6 Å². The van der Waals surface area contributed by atoms with E-state index in [4.69, 9.17) is 0 Å². The van der Waals surface area contributed by atoms with Crippen LogP contribution in [0.5, 0.6) is 0 Å². The Hall–Kier alpha value is -1.10. The second-order valence-electron chi connectivity index (χ2n) is 4.09. The molecule has 4 nitrogen and oxygen atoms in total. The van der Waals surface area contributed by atoms with E-state index in [-0.39, 0.29) is 17.3 Å². The van der Waals surface area contributed by atoms with Gasteiger partial charge in [-0.2, -0.15) is 0 Å². The summed E-state index contributed by atoms with van der Waals surface area (Å²) >= 11 is 1.13. The van der Waals surface area contributed by atoms with Crippen LogP contribution in [0.3, 0.4) is 0 Å². The van der Waals surface area contributed by atoms with E-state index < -0.39 is 0 Å². The molecule has 0 saturated carbocycles. The maximum Gasteiger partial charge on any atom is 0.307 e. The van der Waals surface area contributed by atoms with E-state index in [9.17, 15) is 9.59 Å². The minimum atomic E-state index is -0.0526. The number of thiazole rings is 1. The highest BCUT2D eigenvalue weighted by Crippen LogP contribution is 2.10. The predicted molar refractivity (Wildman–Crippen MR) is 63.6 cm³/mol. The van der Waals surface area contributed by atoms with Crippen LogP contribution in [-0.2, 0) is 11.3 Å². The SMILES string of the molecule is O=C(Cn1ccsc1=O)N1CCCCCC1. The molecular weight excluding hydrogens is 224 g/mol. The lowest BCUT2D eigenvalue weighted by Gasteiger charge is -2.20. The second kappa shape index (κ2) is 5.30. The minimum Gasteiger partial charge on any atom is -0.341 e. The summed E-state index contributed by atoms with van der Waals surface area (Å²) in [6.07, 6.45) is 6.28. The van der Waals surface area contributed by atoms with Gasteiger partial charge in [-0.05, 0) is 12.8 Å². The number of nitrogens with zero attached hydrogens (tertiary/aromatic N) is 2. The molecule has 16 heavy (non-hydrogen) atoms. The van der Waals surface area contributed by atoms with Gasteiger partial charge >= 0.3 is 4.87 Å². The standard InChI is InChI=1S/C11H16N2O2S/c14-10(9-13-7-8-16-11(13)15)12-5-3-1-2-4-6-12/h7-8H,1-6,9H2. The fourth-order valence-corrected chi connectivity index (χ4v) is 2.56. The number of rotatable bonds is 2. The third-order valence-corrected chi connectivity index (χ3v) is 3.60. The zero-order chi connectivity index (χ0) is 11.4. The Morgan fingerprint density at radius 2 is 1.94 bits per heavy atom. The van der Waals surface area contributed by atoms with Gasteiger partial charge in [0.2, 0.25) is 5.91 Å². The quantitative estimate of drug-likeness (QED) is 0.782. The predicted octanol–water partition coefficient (Wildman–Crippen LogP) is 1.31. The number of hydrogen-bond donors (Lipinski definition) is 0. The Bertz CT molecular complexity index is 402. The largest absolute Gasteiger partial charge is 0.341 e. The molecule has 0 aliphatic carbocycles. The molecule has 1 aromatic rings. The van der Waals surface area contributed by atoms with Gasteiger partial charge in [0.25, 0.3) is 0 Å². The first kappa shape index (κ1) is 11.4. The van der Waals surface area contributed by atoms with Gasteiger partial charge in [-0.1, -0.05) is 24.2 Å². The monoisotopic (exact) mass is 240 g/mol. The summed E-state index contributed by atoms with van der Waals surface area (Å²) in [5.74, 6) is 0.0717. The van der Waals surface area contributed by atoms with E-state index in [0.717, 1.165) is 37.3 Å². The minimum absolute atomic E-state index is 0.0526. The Balaban J connectivity index is 1.97. The van der Waals surface area contributed by atoms with Crippen molar-refractivity contribution >= 4 is 17.2 Å². The number of likely N-dealkylation sites (tertiary alicyclic amines) is 1. The molecular formula is C11H16N2O2S. The van der Waals surface area contributed by atoms with Crippen LogP contribution in [0, 0.1) is 0 Å². The molecule has 1 aliphatic rings. The van der Waals surface area contributed by atoms with Crippen molar-refractivity contribution in [3.8, 4) is 0 Å². The Labute approximate surface area is 98.5 Å². The molecule has 0 N–H and O–H groups in total. The number of hydrogen-bond acceptors (Lipinski definition) is 3.